The molecule has 0 fully saturated rings. The van der Waals surface area contributed by atoms with E-state index in [0.29, 0.717) is 12.3 Å². The molecule has 1 aromatic carbocycles. The van der Waals surface area contributed by atoms with Crippen LogP contribution in [0.2, 0.25) is 0 Å². The third-order valence-electron chi connectivity index (χ3n) is 5.13. The van der Waals surface area contributed by atoms with Crippen LogP contribution in [0, 0.1) is 11.6 Å². The van der Waals surface area contributed by atoms with Gasteiger partial charge in [-0.1, -0.05) is 6.92 Å². The zero-order valence-electron chi connectivity index (χ0n) is 17.1. The highest BCUT2D eigenvalue weighted by atomic mass is 19.1. The van der Waals surface area contributed by atoms with E-state index >= 15 is 0 Å². The van der Waals surface area contributed by atoms with E-state index in [1.807, 2.05) is 16.9 Å². The number of benzene rings is 1. The molecule has 4 rings (SSSR count). The van der Waals surface area contributed by atoms with Crippen LogP contribution in [0.25, 0.3) is 11.1 Å². The summed E-state index contributed by atoms with van der Waals surface area (Å²) in [5.74, 6) is -1.65. The third kappa shape index (κ3) is 3.53. The predicted molar refractivity (Wildman–Crippen MR) is 109 cm³/mol. The maximum atomic E-state index is 14.8. The number of ether oxygens (including phenoxy) is 2. The van der Waals surface area contributed by atoms with E-state index in [0.717, 1.165) is 35.3 Å². The summed E-state index contributed by atoms with van der Waals surface area (Å²) in [4.78, 5) is 8.99. The largest absolute Gasteiger partial charge is 0.494 e. The van der Waals surface area contributed by atoms with Gasteiger partial charge in [0.25, 0.3) is 0 Å². The number of hydrogen-bond donors (Lipinski definition) is 0. The average molecular weight is 412 g/mol. The van der Waals surface area contributed by atoms with E-state index in [2.05, 4.69) is 22.0 Å². The Morgan fingerprint density at radius 3 is 2.43 bits per heavy atom. The van der Waals surface area contributed by atoms with Gasteiger partial charge in [0, 0.05) is 59.4 Å². The Balaban J connectivity index is 1.68. The molecular weight excluding hydrogens is 390 g/mol. The van der Waals surface area contributed by atoms with Crippen molar-refractivity contribution in [1.82, 2.24) is 14.8 Å². The standard InChI is InChI=1S/C22H22F2N4O2/c1-4-5-28-12-14(10-27-28)13-6-15-17(26-11-18(15)25-9-13)7-16-21(23)19(29-2)8-20(30-3)22(16)24/h6,8-10,12H,4-5,7,11H2,1-3H3. The Kier molecular flexibility index (Phi) is 5.48. The summed E-state index contributed by atoms with van der Waals surface area (Å²) in [6.07, 6.45) is 6.49. The van der Waals surface area contributed by atoms with E-state index in [9.17, 15) is 8.78 Å². The van der Waals surface area contributed by atoms with Gasteiger partial charge in [0.2, 0.25) is 0 Å². The Morgan fingerprint density at radius 1 is 1.03 bits per heavy atom. The van der Waals surface area contributed by atoms with Crippen LogP contribution in [0.5, 0.6) is 11.5 Å². The van der Waals surface area contributed by atoms with Gasteiger partial charge in [-0.3, -0.25) is 14.7 Å². The minimum Gasteiger partial charge on any atom is -0.494 e. The minimum absolute atomic E-state index is 0.0293. The first-order chi connectivity index (χ1) is 14.5. The molecule has 0 aliphatic carbocycles. The Bertz CT molecular complexity index is 1100. The monoisotopic (exact) mass is 412 g/mol. The molecule has 3 aromatic rings. The van der Waals surface area contributed by atoms with Crippen LogP contribution in [0.15, 0.2) is 35.7 Å². The zero-order chi connectivity index (χ0) is 21.3. The lowest BCUT2D eigenvalue weighted by Gasteiger charge is -2.13. The predicted octanol–water partition coefficient (Wildman–Crippen LogP) is 4.20. The van der Waals surface area contributed by atoms with Crippen molar-refractivity contribution in [3.8, 4) is 22.6 Å². The minimum atomic E-state index is -0.753. The molecule has 0 saturated heterocycles. The molecule has 1 aliphatic heterocycles. The molecule has 0 atom stereocenters. The number of methoxy groups -OCH3 is 2. The Morgan fingerprint density at radius 2 is 1.77 bits per heavy atom. The van der Waals surface area contributed by atoms with Crippen LogP contribution in [-0.4, -0.2) is 34.7 Å². The summed E-state index contributed by atoms with van der Waals surface area (Å²) in [7, 11) is 2.66. The van der Waals surface area contributed by atoms with Crippen molar-refractivity contribution in [2.24, 2.45) is 4.99 Å². The van der Waals surface area contributed by atoms with Gasteiger partial charge in [0.15, 0.2) is 23.1 Å². The van der Waals surface area contributed by atoms with Gasteiger partial charge >= 0.3 is 0 Å². The summed E-state index contributed by atoms with van der Waals surface area (Å²) < 4.78 is 41.5. The molecule has 0 spiro atoms. The van der Waals surface area contributed by atoms with Gasteiger partial charge in [0.1, 0.15) is 0 Å². The van der Waals surface area contributed by atoms with Crippen LogP contribution in [0.4, 0.5) is 8.78 Å². The molecule has 8 heteroatoms. The number of hydrogen-bond acceptors (Lipinski definition) is 5. The molecule has 1 aliphatic rings. The lowest BCUT2D eigenvalue weighted by atomic mass is 9.99. The highest BCUT2D eigenvalue weighted by Crippen LogP contribution is 2.33. The van der Waals surface area contributed by atoms with Crippen molar-refractivity contribution in [2.45, 2.75) is 32.9 Å². The molecule has 30 heavy (non-hydrogen) atoms. The second-order valence-electron chi connectivity index (χ2n) is 7.04. The van der Waals surface area contributed by atoms with E-state index in [-0.39, 0.29) is 23.5 Å². The van der Waals surface area contributed by atoms with E-state index in [1.165, 1.54) is 20.3 Å². The zero-order valence-corrected chi connectivity index (χ0v) is 17.1. The number of aryl methyl sites for hydroxylation is 1. The topological polar surface area (TPSA) is 61.5 Å². The molecule has 0 radical (unpaired) electrons. The number of halogens is 2. The highest BCUT2D eigenvalue weighted by Gasteiger charge is 2.25. The molecular formula is C22H22F2N4O2. The molecule has 3 heterocycles. The molecule has 156 valence electrons. The molecule has 6 nitrogen and oxygen atoms in total. The number of aromatic nitrogens is 3. The summed E-state index contributed by atoms with van der Waals surface area (Å²) in [6.45, 7) is 3.30. The van der Waals surface area contributed by atoms with Gasteiger partial charge in [-0.2, -0.15) is 5.10 Å². The number of rotatable bonds is 7. The van der Waals surface area contributed by atoms with Crippen LogP contribution >= 0.6 is 0 Å². The quantitative estimate of drug-likeness (QED) is 0.584. The van der Waals surface area contributed by atoms with Crippen molar-refractivity contribution >= 4 is 5.71 Å². The molecule has 0 N–H and O–H groups in total. The molecule has 2 aromatic heterocycles. The van der Waals surface area contributed by atoms with Crippen LogP contribution < -0.4 is 9.47 Å². The smallest absolute Gasteiger partial charge is 0.171 e. The maximum absolute atomic E-state index is 14.8. The molecule has 0 amide bonds. The average Bonchev–Trinajstić information content (AvgIpc) is 3.38. The second kappa shape index (κ2) is 8.22. The van der Waals surface area contributed by atoms with Crippen LogP contribution in [-0.2, 0) is 19.5 Å². The van der Waals surface area contributed by atoms with Crippen molar-refractivity contribution in [3.63, 3.8) is 0 Å². The second-order valence-corrected chi connectivity index (χ2v) is 7.04. The number of aliphatic imine (C=N–C) groups is 1. The van der Waals surface area contributed by atoms with E-state index in [1.54, 1.807) is 12.4 Å². The van der Waals surface area contributed by atoms with Gasteiger partial charge < -0.3 is 9.47 Å². The SMILES string of the molecule is CCCn1cc(-c2cnc3c(c2)C(Cc2c(F)c(OC)cc(OC)c2F)=NC3)cn1. The highest BCUT2D eigenvalue weighted by molar-refractivity contribution is 6.05. The molecule has 0 unspecified atom stereocenters. The summed E-state index contributed by atoms with van der Waals surface area (Å²) in [5, 5.41) is 4.36. The fraction of sp³-hybridized carbons (Fsp3) is 0.318. The first-order valence-corrected chi connectivity index (χ1v) is 9.70. The Labute approximate surface area is 173 Å². The van der Waals surface area contributed by atoms with Crippen LogP contribution in [0.1, 0.15) is 30.2 Å². The number of nitrogens with zero attached hydrogens (tertiary/aromatic N) is 4. The normalized spacial score (nSPS) is 12.6. The molecule has 0 saturated carbocycles. The van der Waals surface area contributed by atoms with Crippen molar-refractivity contribution in [1.29, 1.82) is 0 Å². The van der Waals surface area contributed by atoms with Crippen LogP contribution in [0.3, 0.4) is 0 Å². The fourth-order valence-corrected chi connectivity index (χ4v) is 3.56. The lowest BCUT2D eigenvalue weighted by molar-refractivity contribution is 0.354. The third-order valence-corrected chi connectivity index (χ3v) is 5.13. The van der Waals surface area contributed by atoms with Gasteiger partial charge in [0.05, 0.1) is 32.7 Å². The number of pyridine rings is 1. The lowest BCUT2D eigenvalue weighted by Crippen LogP contribution is -2.10. The first-order valence-electron chi connectivity index (χ1n) is 9.70. The van der Waals surface area contributed by atoms with Gasteiger partial charge in [-0.25, -0.2) is 8.78 Å². The summed E-state index contributed by atoms with van der Waals surface area (Å²) in [5.41, 5.74) is 3.83. The molecule has 0 bridgehead atoms. The van der Waals surface area contributed by atoms with Crippen molar-refractivity contribution in [3.05, 3.63) is 59.2 Å². The summed E-state index contributed by atoms with van der Waals surface area (Å²) >= 11 is 0. The van der Waals surface area contributed by atoms with E-state index in [4.69, 9.17) is 9.47 Å². The van der Waals surface area contributed by atoms with Crippen molar-refractivity contribution in [2.75, 3.05) is 14.2 Å². The van der Waals surface area contributed by atoms with Gasteiger partial charge in [-0.05, 0) is 12.5 Å². The van der Waals surface area contributed by atoms with Gasteiger partial charge in [-0.15, -0.1) is 0 Å². The van der Waals surface area contributed by atoms with E-state index < -0.39 is 11.6 Å². The first kappa shape index (κ1) is 20.0. The Hall–Kier alpha value is -3.29. The van der Waals surface area contributed by atoms with Crippen molar-refractivity contribution < 1.29 is 18.3 Å². The fourth-order valence-electron chi connectivity index (χ4n) is 3.56. The maximum Gasteiger partial charge on any atom is 0.171 e. The summed E-state index contributed by atoms with van der Waals surface area (Å²) in [6, 6.07) is 3.15. The number of fused-ring (bicyclic) bond motifs is 1.